The van der Waals surface area contributed by atoms with Gasteiger partial charge in [0.25, 0.3) is 5.91 Å². The first kappa shape index (κ1) is 17.3. The number of hydrogen-bond donors (Lipinski definition) is 0. The first-order chi connectivity index (χ1) is 11.6. The van der Waals surface area contributed by atoms with E-state index in [1.165, 1.54) is 6.42 Å². The Labute approximate surface area is 148 Å². The quantitative estimate of drug-likeness (QED) is 0.818. The Morgan fingerprint density at radius 3 is 2.67 bits per heavy atom. The van der Waals surface area contributed by atoms with E-state index in [4.69, 9.17) is 0 Å². The molecule has 1 aromatic carbocycles. The summed E-state index contributed by atoms with van der Waals surface area (Å²) in [6.45, 7) is 2.98. The third-order valence-electron chi connectivity index (χ3n) is 5.13. The van der Waals surface area contributed by atoms with Crippen LogP contribution in [0.2, 0.25) is 0 Å². The van der Waals surface area contributed by atoms with Crippen LogP contribution in [0.3, 0.4) is 0 Å². The van der Waals surface area contributed by atoms with Crippen LogP contribution in [0.5, 0.6) is 0 Å². The molecule has 0 unspecified atom stereocenters. The summed E-state index contributed by atoms with van der Waals surface area (Å²) in [7, 11) is 1.92. The lowest BCUT2D eigenvalue weighted by Gasteiger charge is -2.25. The molecule has 24 heavy (non-hydrogen) atoms. The van der Waals surface area contributed by atoms with Gasteiger partial charge in [0.15, 0.2) is 0 Å². The Bertz CT molecular complexity index is 602. The number of anilines is 1. The van der Waals surface area contributed by atoms with E-state index < -0.39 is 0 Å². The lowest BCUT2D eigenvalue weighted by molar-refractivity contribution is -0.117. The molecule has 5 heteroatoms. The van der Waals surface area contributed by atoms with E-state index >= 15 is 0 Å². The molecule has 0 radical (unpaired) electrons. The van der Waals surface area contributed by atoms with Crippen LogP contribution in [-0.2, 0) is 4.79 Å². The van der Waals surface area contributed by atoms with E-state index in [1.807, 2.05) is 52.9 Å². The van der Waals surface area contributed by atoms with Gasteiger partial charge < -0.3 is 9.80 Å². The number of hydrogen-bond acceptors (Lipinski definition) is 3. The maximum Gasteiger partial charge on any atom is 0.253 e. The van der Waals surface area contributed by atoms with Crippen LogP contribution in [-0.4, -0.2) is 47.4 Å². The summed E-state index contributed by atoms with van der Waals surface area (Å²) in [4.78, 5) is 28.3. The average Bonchev–Trinajstić information content (AvgIpc) is 3.23. The zero-order valence-corrected chi connectivity index (χ0v) is 15.3. The summed E-state index contributed by atoms with van der Waals surface area (Å²) in [6, 6.07) is 7.85. The average molecular weight is 346 g/mol. The fraction of sp³-hybridized carbons (Fsp3) is 0.579. The Kier molecular flexibility index (Phi) is 5.49. The van der Waals surface area contributed by atoms with E-state index in [0.717, 1.165) is 37.2 Å². The van der Waals surface area contributed by atoms with Gasteiger partial charge in [0.2, 0.25) is 5.91 Å². The third kappa shape index (κ3) is 3.61. The van der Waals surface area contributed by atoms with Crippen molar-refractivity contribution in [2.75, 3.05) is 24.2 Å². The fourth-order valence-electron chi connectivity index (χ4n) is 3.73. The van der Waals surface area contributed by atoms with Gasteiger partial charge in [0.1, 0.15) is 0 Å². The van der Waals surface area contributed by atoms with Crippen LogP contribution in [0.25, 0.3) is 0 Å². The minimum Gasteiger partial charge on any atom is -0.339 e. The molecule has 3 rings (SSSR count). The maximum atomic E-state index is 12.7. The van der Waals surface area contributed by atoms with Crippen molar-refractivity contribution >= 4 is 29.3 Å². The van der Waals surface area contributed by atoms with Crippen LogP contribution in [0.15, 0.2) is 24.3 Å². The van der Waals surface area contributed by atoms with Crippen LogP contribution in [0.4, 0.5) is 5.69 Å². The molecule has 1 aliphatic carbocycles. The molecule has 0 aromatic heterocycles. The molecule has 2 aliphatic rings. The summed E-state index contributed by atoms with van der Waals surface area (Å²) in [5.74, 6) is 1.41. The first-order valence-corrected chi connectivity index (χ1v) is 9.94. The van der Waals surface area contributed by atoms with Crippen molar-refractivity contribution < 1.29 is 9.59 Å². The minimum atomic E-state index is 0.0847. The van der Waals surface area contributed by atoms with Gasteiger partial charge in [-0.2, -0.15) is 11.8 Å². The van der Waals surface area contributed by atoms with Crippen LogP contribution in [0, 0.1) is 0 Å². The van der Waals surface area contributed by atoms with Crippen molar-refractivity contribution in [1.29, 1.82) is 0 Å². The van der Waals surface area contributed by atoms with Crippen molar-refractivity contribution in [3.8, 4) is 0 Å². The molecule has 2 atom stereocenters. The smallest absolute Gasteiger partial charge is 0.253 e. The second-order valence-corrected chi connectivity index (χ2v) is 8.23. The third-order valence-corrected chi connectivity index (χ3v) is 6.36. The van der Waals surface area contributed by atoms with Crippen molar-refractivity contribution in [1.82, 2.24) is 4.90 Å². The number of thioether (sulfide) groups is 1. The lowest BCUT2D eigenvalue weighted by atomic mass is 10.1. The highest BCUT2D eigenvalue weighted by molar-refractivity contribution is 7.99. The highest BCUT2D eigenvalue weighted by atomic mass is 32.2. The number of amides is 2. The van der Waals surface area contributed by atoms with Crippen molar-refractivity contribution in [3.05, 3.63) is 29.8 Å². The molecule has 0 spiro atoms. The monoisotopic (exact) mass is 346 g/mol. The zero-order valence-electron chi connectivity index (χ0n) is 14.5. The molecular formula is C19H26N2O2S. The molecule has 0 N–H and O–H groups in total. The molecule has 2 amide bonds. The Morgan fingerprint density at radius 2 is 2.04 bits per heavy atom. The summed E-state index contributed by atoms with van der Waals surface area (Å²) >= 11 is 2.01. The van der Waals surface area contributed by atoms with Gasteiger partial charge in [-0.05, 0) is 55.7 Å². The van der Waals surface area contributed by atoms with Gasteiger partial charge in [-0.1, -0.05) is 6.92 Å². The predicted molar refractivity (Wildman–Crippen MR) is 99.7 cm³/mol. The van der Waals surface area contributed by atoms with Gasteiger partial charge in [-0.3, -0.25) is 9.59 Å². The maximum absolute atomic E-state index is 12.7. The molecule has 0 bridgehead atoms. The van der Waals surface area contributed by atoms with E-state index in [1.54, 1.807) is 0 Å². The molecule has 4 nitrogen and oxygen atoms in total. The minimum absolute atomic E-state index is 0.0847. The number of carbonyl (C=O) groups is 2. The largest absolute Gasteiger partial charge is 0.339 e. The Morgan fingerprint density at radius 1 is 1.29 bits per heavy atom. The molecule has 2 fully saturated rings. The predicted octanol–water partition coefficient (Wildman–Crippen LogP) is 3.56. The van der Waals surface area contributed by atoms with Gasteiger partial charge in [-0.25, -0.2) is 0 Å². The van der Waals surface area contributed by atoms with Crippen molar-refractivity contribution in [2.45, 2.75) is 50.3 Å². The van der Waals surface area contributed by atoms with Crippen LogP contribution < -0.4 is 4.90 Å². The van der Waals surface area contributed by atoms with Gasteiger partial charge in [0.05, 0.1) is 0 Å². The molecule has 1 aromatic rings. The molecular weight excluding hydrogens is 320 g/mol. The molecule has 1 aliphatic heterocycles. The number of carbonyl (C=O) groups excluding carboxylic acids is 2. The number of rotatable bonds is 5. The summed E-state index contributed by atoms with van der Waals surface area (Å²) in [5, 5.41) is 0.693. The Hall–Kier alpha value is -1.49. The van der Waals surface area contributed by atoms with E-state index in [2.05, 4.69) is 6.92 Å². The first-order valence-electron chi connectivity index (χ1n) is 8.89. The normalized spacial score (nSPS) is 23.8. The van der Waals surface area contributed by atoms with Crippen LogP contribution >= 0.6 is 11.8 Å². The van der Waals surface area contributed by atoms with Crippen LogP contribution in [0.1, 0.15) is 49.4 Å². The lowest BCUT2D eigenvalue weighted by Crippen LogP contribution is -2.35. The second-order valence-electron chi connectivity index (χ2n) is 6.66. The zero-order chi connectivity index (χ0) is 17.1. The summed E-state index contributed by atoms with van der Waals surface area (Å²) in [5.41, 5.74) is 1.61. The number of benzene rings is 1. The van der Waals surface area contributed by atoms with Gasteiger partial charge in [-0.15, -0.1) is 0 Å². The van der Waals surface area contributed by atoms with E-state index in [9.17, 15) is 9.59 Å². The molecule has 130 valence electrons. The summed E-state index contributed by atoms with van der Waals surface area (Å²) < 4.78 is 0. The topological polar surface area (TPSA) is 40.6 Å². The van der Waals surface area contributed by atoms with E-state index in [0.29, 0.717) is 23.3 Å². The molecule has 1 saturated carbocycles. The standard InChI is InChI=1S/C19H26N2O2S/c1-3-24-17-11-10-16(13-17)20(2)19(23)14-6-8-15(9-7-14)21-12-4-5-18(21)22/h6-9,16-17H,3-5,10-13H2,1-2H3/t16-,17-/m1/s1. The van der Waals surface area contributed by atoms with Gasteiger partial charge in [0, 0.05) is 42.6 Å². The van der Waals surface area contributed by atoms with Gasteiger partial charge >= 0.3 is 0 Å². The summed E-state index contributed by atoms with van der Waals surface area (Å²) in [6.07, 6.45) is 4.95. The fourth-order valence-corrected chi connectivity index (χ4v) is 4.86. The highest BCUT2D eigenvalue weighted by Gasteiger charge is 2.30. The van der Waals surface area contributed by atoms with E-state index in [-0.39, 0.29) is 11.8 Å². The SMILES string of the molecule is CCS[C@@H]1CC[C@@H](N(C)C(=O)c2ccc(N3CCCC3=O)cc2)C1. The van der Waals surface area contributed by atoms with Crippen molar-refractivity contribution in [3.63, 3.8) is 0 Å². The highest BCUT2D eigenvalue weighted by Crippen LogP contribution is 2.32. The van der Waals surface area contributed by atoms with Crippen molar-refractivity contribution in [2.24, 2.45) is 0 Å². The second kappa shape index (κ2) is 7.60. The molecule has 1 heterocycles. The number of nitrogens with zero attached hydrogens (tertiary/aromatic N) is 2. The molecule has 1 saturated heterocycles. The Balaban J connectivity index is 1.63.